The molecule has 1 fully saturated rings. The smallest absolute Gasteiger partial charge is 0.191 e. The number of aliphatic imine (C=N–C) groups is 1. The third kappa shape index (κ3) is 6.18. The van der Waals surface area contributed by atoms with Gasteiger partial charge in [0.25, 0.3) is 0 Å². The van der Waals surface area contributed by atoms with Crippen LogP contribution in [0.25, 0.3) is 0 Å². The molecule has 2 unspecified atom stereocenters. The highest BCUT2D eigenvalue weighted by atomic mass is 127. The molecule has 3 nitrogen and oxygen atoms in total. The largest absolute Gasteiger partial charge is 0.356 e. The molecular formula is C18H30IN3S. The third-order valence-corrected chi connectivity index (χ3v) is 5.63. The van der Waals surface area contributed by atoms with E-state index in [4.69, 9.17) is 0 Å². The van der Waals surface area contributed by atoms with Gasteiger partial charge in [0.1, 0.15) is 0 Å². The van der Waals surface area contributed by atoms with Crippen molar-refractivity contribution in [2.45, 2.75) is 49.8 Å². The molecule has 5 heteroatoms. The van der Waals surface area contributed by atoms with Crippen LogP contribution in [-0.4, -0.2) is 37.1 Å². The van der Waals surface area contributed by atoms with Gasteiger partial charge in [-0.2, -0.15) is 11.8 Å². The van der Waals surface area contributed by atoms with E-state index in [9.17, 15) is 0 Å². The number of nitrogens with one attached hydrogen (secondary N) is 2. The van der Waals surface area contributed by atoms with E-state index in [0.717, 1.165) is 17.8 Å². The SMILES string of the molecule is CN=C(NCC(C)(C)c1ccccc1)NC1CCC(SC)C1.I. The molecule has 1 aliphatic rings. The minimum absolute atomic E-state index is 0. The first-order chi connectivity index (χ1) is 10.5. The molecule has 0 bridgehead atoms. The molecule has 130 valence electrons. The van der Waals surface area contributed by atoms with Gasteiger partial charge in [0.2, 0.25) is 0 Å². The van der Waals surface area contributed by atoms with Gasteiger partial charge in [0, 0.05) is 30.3 Å². The van der Waals surface area contributed by atoms with Crippen LogP contribution in [0, 0.1) is 0 Å². The number of guanidine groups is 1. The molecule has 0 radical (unpaired) electrons. The first-order valence-corrected chi connectivity index (χ1v) is 9.39. The second kappa shape index (κ2) is 9.77. The fourth-order valence-corrected chi connectivity index (χ4v) is 3.77. The van der Waals surface area contributed by atoms with Crippen molar-refractivity contribution >= 4 is 41.7 Å². The van der Waals surface area contributed by atoms with Crippen LogP contribution in [-0.2, 0) is 5.41 Å². The van der Waals surface area contributed by atoms with Crippen molar-refractivity contribution in [2.75, 3.05) is 19.8 Å². The summed E-state index contributed by atoms with van der Waals surface area (Å²) in [5.74, 6) is 0.927. The van der Waals surface area contributed by atoms with Crippen LogP contribution in [0.15, 0.2) is 35.3 Å². The van der Waals surface area contributed by atoms with Gasteiger partial charge in [-0.3, -0.25) is 4.99 Å². The Morgan fingerprint density at radius 1 is 1.26 bits per heavy atom. The Labute approximate surface area is 162 Å². The second-order valence-electron chi connectivity index (χ2n) is 6.69. The van der Waals surface area contributed by atoms with Gasteiger partial charge in [-0.25, -0.2) is 0 Å². The van der Waals surface area contributed by atoms with Crippen molar-refractivity contribution in [3.05, 3.63) is 35.9 Å². The predicted octanol–water partition coefficient (Wildman–Crippen LogP) is 4.03. The number of rotatable bonds is 5. The van der Waals surface area contributed by atoms with Crippen LogP contribution in [0.1, 0.15) is 38.7 Å². The molecule has 1 aromatic carbocycles. The maximum absolute atomic E-state index is 4.39. The Morgan fingerprint density at radius 2 is 1.96 bits per heavy atom. The molecule has 23 heavy (non-hydrogen) atoms. The van der Waals surface area contributed by atoms with Gasteiger partial charge >= 0.3 is 0 Å². The number of thioether (sulfide) groups is 1. The molecule has 0 aliphatic heterocycles. The summed E-state index contributed by atoms with van der Waals surface area (Å²) >= 11 is 1.99. The normalized spacial score (nSPS) is 21.7. The molecular weight excluding hydrogens is 417 g/mol. The number of hydrogen-bond acceptors (Lipinski definition) is 2. The van der Waals surface area contributed by atoms with Gasteiger partial charge in [-0.15, -0.1) is 24.0 Å². The minimum atomic E-state index is 0. The van der Waals surface area contributed by atoms with Gasteiger partial charge in [0.05, 0.1) is 0 Å². The van der Waals surface area contributed by atoms with Crippen LogP contribution < -0.4 is 10.6 Å². The molecule has 1 aromatic rings. The first-order valence-electron chi connectivity index (χ1n) is 8.10. The molecule has 1 aliphatic carbocycles. The predicted molar refractivity (Wildman–Crippen MR) is 114 cm³/mol. The number of benzene rings is 1. The van der Waals surface area contributed by atoms with Crippen LogP contribution in [0.5, 0.6) is 0 Å². The molecule has 2 rings (SSSR count). The fraction of sp³-hybridized carbons (Fsp3) is 0.611. The van der Waals surface area contributed by atoms with Crippen LogP contribution in [0.4, 0.5) is 0 Å². The van der Waals surface area contributed by atoms with Crippen molar-refractivity contribution < 1.29 is 0 Å². The van der Waals surface area contributed by atoms with Gasteiger partial charge in [-0.05, 0) is 31.1 Å². The molecule has 0 amide bonds. The first kappa shape index (κ1) is 20.6. The fourth-order valence-electron chi connectivity index (χ4n) is 2.97. The maximum atomic E-state index is 4.39. The molecule has 0 aromatic heterocycles. The Balaban J connectivity index is 0.00000264. The van der Waals surface area contributed by atoms with E-state index in [0.29, 0.717) is 6.04 Å². The summed E-state index contributed by atoms with van der Waals surface area (Å²) in [6.45, 7) is 5.40. The zero-order chi connectivity index (χ0) is 16.0. The lowest BCUT2D eigenvalue weighted by atomic mass is 9.85. The van der Waals surface area contributed by atoms with Crippen molar-refractivity contribution in [3.8, 4) is 0 Å². The molecule has 2 atom stereocenters. The highest BCUT2D eigenvalue weighted by molar-refractivity contribution is 14.0. The quantitative estimate of drug-likeness (QED) is 0.407. The molecule has 1 saturated carbocycles. The highest BCUT2D eigenvalue weighted by Gasteiger charge is 2.25. The van der Waals surface area contributed by atoms with Crippen molar-refractivity contribution in [1.29, 1.82) is 0 Å². The van der Waals surface area contributed by atoms with Gasteiger partial charge < -0.3 is 10.6 Å². The standard InChI is InChI=1S/C18H29N3S.HI/c1-18(2,14-8-6-5-7-9-14)13-20-17(19-3)21-15-10-11-16(12-15)22-4;/h5-9,15-16H,10-13H2,1-4H3,(H2,19,20,21);1H. The Kier molecular flexibility index (Phi) is 8.75. The van der Waals surface area contributed by atoms with Crippen LogP contribution in [0.2, 0.25) is 0 Å². The summed E-state index contributed by atoms with van der Waals surface area (Å²) in [5.41, 5.74) is 1.43. The van der Waals surface area contributed by atoms with E-state index >= 15 is 0 Å². The third-order valence-electron chi connectivity index (χ3n) is 4.54. The maximum Gasteiger partial charge on any atom is 0.191 e. The Morgan fingerprint density at radius 3 is 2.52 bits per heavy atom. The van der Waals surface area contributed by atoms with Crippen molar-refractivity contribution in [2.24, 2.45) is 4.99 Å². The minimum Gasteiger partial charge on any atom is -0.356 e. The zero-order valence-electron chi connectivity index (χ0n) is 14.6. The molecule has 0 saturated heterocycles. The summed E-state index contributed by atoms with van der Waals surface area (Å²) in [6, 6.07) is 11.2. The van der Waals surface area contributed by atoms with E-state index in [2.05, 4.69) is 66.1 Å². The zero-order valence-corrected chi connectivity index (χ0v) is 17.8. The second-order valence-corrected chi connectivity index (χ2v) is 7.83. The average Bonchev–Trinajstić information content (AvgIpc) is 3.00. The van der Waals surface area contributed by atoms with Crippen molar-refractivity contribution in [1.82, 2.24) is 10.6 Å². The summed E-state index contributed by atoms with van der Waals surface area (Å²) < 4.78 is 0. The van der Waals surface area contributed by atoms with E-state index in [-0.39, 0.29) is 29.4 Å². The highest BCUT2D eigenvalue weighted by Crippen LogP contribution is 2.28. The number of halogens is 1. The van der Waals surface area contributed by atoms with E-state index in [1.54, 1.807) is 0 Å². The van der Waals surface area contributed by atoms with Crippen molar-refractivity contribution in [3.63, 3.8) is 0 Å². The van der Waals surface area contributed by atoms with Crippen LogP contribution >= 0.6 is 35.7 Å². The van der Waals surface area contributed by atoms with E-state index < -0.39 is 0 Å². The lowest BCUT2D eigenvalue weighted by Crippen LogP contribution is -2.46. The number of nitrogens with zero attached hydrogens (tertiary/aromatic N) is 1. The Bertz CT molecular complexity index is 490. The van der Waals surface area contributed by atoms with E-state index in [1.165, 1.54) is 24.8 Å². The lowest BCUT2D eigenvalue weighted by molar-refractivity contribution is 0.503. The summed E-state index contributed by atoms with van der Waals surface area (Å²) in [7, 11) is 1.85. The number of hydrogen-bond donors (Lipinski definition) is 2. The summed E-state index contributed by atoms with van der Waals surface area (Å²) in [6.07, 6.45) is 6.01. The molecule has 0 heterocycles. The summed E-state index contributed by atoms with van der Waals surface area (Å²) in [4.78, 5) is 4.39. The molecule has 2 N–H and O–H groups in total. The average molecular weight is 447 g/mol. The topological polar surface area (TPSA) is 36.4 Å². The van der Waals surface area contributed by atoms with Crippen LogP contribution in [0.3, 0.4) is 0 Å². The summed E-state index contributed by atoms with van der Waals surface area (Å²) in [5, 5.41) is 7.88. The monoisotopic (exact) mass is 447 g/mol. The molecule has 0 spiro atoms. The lowest BCUT2D eigenvalue weighted by Gasteiger charge is -2.27. The van der Waals surface area contributed by atoms with Gasteiger partial charge in [0.15, 0.2) is 5.96 Å². The van der Waals surface area contributed by atoms with Gasteiger partial charge in [-0.1, -0.05) is 44.2 Å². The Hall–Kier alpha value is -0.430. The van der Waals surface area contributed by atoms with E-state index in [1.807, 2.05) is 18.8 Å².